The summed E-state index contributed by atoms with van der Waals surface area (Å²) in [6, 6.07) is 10.3. The van der Waals surface area contributed by atoms with Gasteiger partial charge in [0, 0.05) is 41.6 Å². The molecule has 7 rings (SSSR count). The third-order valence-electron chi connectivity index (χ3n) is 7.50. The highest BCUT2D eigenvalue weighted by atomic mass is 15.1. The molecule has 0 unspecified atom stereocenters. The molecule has 0 bridgehead atoms. The molecule has 2 aliphatic rings. The normalized spacial score (nSPS) is 16.5. The molecule has 5 aromatic heterocycles. The first kappa shape index (κ1) is 22.8. The van der Waals surface area contributed by atoms with Crippen LogP contribution in [0.1, 0.15) is 31.9 Å². The molecule has 0 aromatic carbocycles. The van der Waals surface area contributed by atoms with Crippen LogP contribution in [0.4, 0.5) is 0 Å². The van der Waals surface area contributed by atoms with Crippen molar-refractivity contribution in [1.82, 2.24) is 35.0 Å². The van der Waals surface area contributed by atoms with Crippen LogP contribution in [0.25, 0.3) is 50.0 Å². The van der Waals surface area contributed by atoms with Crippen LogP contribution < -0.4 is 0 Å². The zero-order valence-corrected chi connectivity index (χ0v) is 21.4. The zero-order chi connectivity index (χ0) is 25.5. The molecule has 38 heavy (non-hydrogen) atoms. The van der Waals surface area contributed by atoms with Crippen molar-refractivity contribution < 1.29 is 0 Å². The highest BCUT2D eigenvalue weighted by Gasteiger charge is 2.18. The largest absolute Gasteiger partial charge is 0.352 e. The Kier molecular flexibility index (Phi) is 5.70. The van der Waals surface area contributed by atoms with Gasteiger partial charge in [-0.05, 0) is 80.8 Å². The first-order valence-corrected chi connectivity index (χ1v) is 13.2. The van der Waals surface area contributed by atoms with Gasteiger partial charge in [-0.15, -0.1) is 0 Å². The van der Waals surface area contributed by atoms with Gasteiger partial charge in [-0.25, -0.2) is 4.98 Å². The minimum absolute atomic E-state index is 0.806. The molecule has 0 saturated carbocycles. The summed E-state index contributed by atoms with van der Waals surface area (Å²) >= 11 is 0. The van der Waals surface area contributed by atoms with Crippen molar-refractivity contribution in [2.45, 2.75) is 26.2 Å². The minimum atomic E-state index is 0.806. The standard InChI is InChI=1S/C31H29N7/c1-20-6-7-22(14-21(13-20)19-38-11-2-3-12-38)26-8-9-27-30(35-26)31(37-36-27)28-15-24-25(17-33-18-29(24)34-28)23-5-4-10-32-16-23/h4-5,7-10,13-18,34H,2-3,6,11-12,19H2,1H3,(H,36,37). The molecule has 2 N–H and O–H groups in total. The number of rotatable bonds is 5. The van der Waals surface area contributed by atoms with E-state index < -0.39 is 0 Å². The number of H-pyrrole nitrogens is 2. The summed E-state index contributed by atoms with van der Waals surface area (Å²) in [4.78, 5) is 19.9. The summed E-state index contributed by atoms with van der Waals surface area (Å²) in [5, 5.41) is 8.92. The van der Waals surface area contributed by atoms with Crippen molar-refractivity contribution in [3.05, 3.63) is 90.2 Å². The van der Waals surface area contributed by atoms with Gasteiger partial charge in [-0.1, -0.05) is 23.8 Å². The third kappa shape index (κ3) is 4.25. The molecule has 1 fully saturated rings. The minimum Gasteiger partial charge on any atom is -0.352 e. The highest BCUT2D eigenvalue weighted by Crippen LogP contribution is 2.33. The Morgan fingerprint density at radius 2 is 1.89 bits per heavy atom. The fourth-order valence-corrected chi connectivity index (χ4v) is 5.59. The van der Waals surface area contributed by atoms with E-state index >= 15 is 0 Å². The van der Waals surface area contributed by atoms with Gasteiger partial charge in [0.25, 0.3) is 0 Å². The average molecular weight is 500 g/mol. The Balaban J connectivity index is 1.28. The van der Waals surface area contributed by atoms with E-state index in [4.69, 9.17) is 4.98 Å². The SMILES string of the molecule is CC1=CC(CN2CCCC2)=CC(c2ccc3[nH]nc(-c4cc5c(-c6cccnc6)cncc5[nH]4)c3n2)=CC1. The maximum absolute atomic E-state index is 5.13. The second-order valence-corrected chi connectivity index (χ2v) is 10.3. The Bertz CT molecular complexity index is 1730. The molecule has 7 nitrogen and oxygen atoms in total. The lowest BCUT2D eigenvalue weighted by Crippen LogP contribution is -2.21. The Labute approximate surface area is 221 Å². The predicted octanol–water partition coefficient (Wildman–Crippen LogP) is 6.32. The monoisotopic (exact) mass is 499 g/mol. The average Bonchev–Trinajstić information content (AvgIpc) is 3.68. The van der Waals surface area contributed by atoms with E-state index in [1.807, 2.05) is 24.7 Å². The number of likely N-dealkylation sites (tertiary alicyclic amines) is 1. The third-order valence-corrected chi connectivity index (χ3v) is 7.50. The lowest BCUT2D eigenvalue weighted by atomic mass is 10.1. The second-order valence-electron chi connectivity index (χ2n) is 10.3. The molecule has 6 heterocycles. The molecule has 0 atom stereocenters. The van der Waals surface area contributed by atoms with Crippen LogP contribution in [-0.2, 0) is 0 Å². The van der Waals surface area contributed by atoms with Gasteiger partial charge in [0.1, 0.15) is 11.2 Å². The second kappa shape index (κ2) is 9.50. The van der Waals surface area contributed by atoms with Crippen molar-refractivity contribution in [3.8, 4) is 22.5 Å². The number of nitrogens with one attached hydrogen (secondary N) is 2. The first-order valence-electron chi connectivity index (χ1n) is 13.2. The topological polar surface area (TPSA) is 86.4 Å². The molecule has 0 amide bonds. The number of hydrogen-bond acceptors (Lipinski definition) is 5. The highest BCUT2D eigenvalue weighted by molar-refractivity contribution is 5.99. The number of aromatic amines is 2. The van der Waals surface area contributed by atoms with Crippen molar-refractivity contribution in [1.29, 1.82) is 0 Å². The van der Waals surface area contributed by atoms with Gasteiger partial charge in [-0.2, -0.15) is 5.10 Å². The molecular weight excluding hydrogens is 470 g/mol. The number of nitrogens with zero attached hydrogens (tertiary/aromatic N) is 5. The quantitative estimate of drug-likeness (QED) is 0.296. The maximum atomic E-state index is 5.13. The summed E-state index contributed by atoms with van der Waals surface area (Å²) in [5.74, 6) is 0. The van der Waals surface area contributed by atoms with Crippen LogP contribution >= 0.6 is 0 Å². The van der Waals surface area contributed by atoms with Crippen LogP contribution in [0.3, 0.4) is 0 Å². The molecule has 1 aliphatic heterocycles. The van der Waals surface area contributed by atoms with Crippen molar-refractivity contribution in [2.75, 3.05) is 19.6 Å². The molecule has 1 saturated heterocycles. The van der Waals surface area contributed by atoms with Crippen LogP contribution in [0.2, 0.25) is 0 Å². The predicted molar refractivity (Wildman–Crippen MR) is 152 cm³/mol. The van der Waals surface area contributed by atoms with Crippen LogP contribution in [0.5, 0.6) is 0 Å². The number of fused-ring (bicyclic) bond motifs is 2. The van der Waals surface area contributed by atoms with Crippen molar-refractivity contribution in [2.24, 2.45) is 0 Å². The van der Waals surface area contributed by atoms with Crippen LogP contribution in [0, 0.1) is 0 Å². The molecule has 188 valence electrons. The van der Waals surface area contributed by atoms with E-state index in [0.717, 1.165) is 63.1 Å². The van der Waals surface area contributed by atoms with Gasteiger partial charge in [-0.3, -0.25) is 20.0 Å². The van der Waals surface area contributed by atoms with Gasteiger partial charge in [0.15, 0.2) is 0 Å². The van der Waals surface area contributed by atoms with E-state index in [-0.39, 0.29) is 0 Å². The summed E-state index contributed by atoms with van der Waals surface area (Å²) in [6.07, 6.45) is 17.9. The summed E-state index contributed by atoms with van der Waals surface area (Å²) in [5.41, 5.74) is 11.4. The van der Waals surface area contributed by atoms with E-state index in [1.54, 1.807) is 6.20 Å². The van der Waals surface area contributed by atoms with Crippen molar-refractivity contribution in [3.63, 3.8) is 0 Å². The number of allylic oxidation sites excluding steroid dienone is 4. The molecule has 7 heteroatoms. The van der Waals surface area contributed by atoms with E-state index in [9.17, 15) is 0 Å². The van der Waals surface area contributed by atoms with Gasteiger partial charge >= 0.3 is 0 Å². The number of hydrogen-bond donors (Lipinski definition) is 2. The van der Waals surface area contributed by atoms with Crippen molar-refractivity contribution >= 4 is 27.5 Å². The summed E-state index contributed by atoms with van der Waals surface area (Å²) in [6.45, 7) is 5.59. The summed E-state index contributed by atoms with van der Waals surface area (Å²) < 4.78 is 0. The Hall–Kier alpha value is -4.36. The number of pyridine rings is 3. The van der Waals surface area contributed by atoms with Gasteiger partial charge < -0.3 is 4.98 Å². The molecular formula is C31H29N7. The van der Waals surface area contributed by atoms with Gasteiger partial charge in [0.05, 0.1) is 28.6 Å². The number of aromatic nitrogens is 6. The lowest BCUT2D eigenvalue weighted by Gasteiger charge is -2.15. The fraction of sp³-hybridized carbons (Fsp3) is 0.226. The Morgan fingerprint density at radius 3 is 2.76 bits per heavy atom. The zero-order valence-electron chi connectivity index (χ0n) is 21.4. The van der Waals surface area contributed by atoms with Crippen LogP contribution in [-0.4, -0.2) is 54.7 Å². The fourth-order valence-electron chi connectivity index (χ4n) is 5.59. The molecule has 0 spiro atoms. The van der Waals surface area contributed by atoms with Crippen LogP contribution in [0.15, 0.2) is 84.5 Å². The maximum Gasteiger partial charge on any atom is 0.135 e. The summed E-state index contributed by atoms with van der Waals surface area (Å²) in [7, 11) is 0. The smallest absolute Gasteiger partial charge is 0.135 e. The Morgan fingerprint density at radius 1 is 0.974 bits per heavy atom. The van der Waals surface area contributed by atoms with Gasteiger partial charge in [0.2, 0.25) is 0 Å². The lowest BCUT2D eigenvalue weighted by molar-refractivity contribution is 0.371. The van der Waals surface area contributed by atoms with E-state index in [0.29, 0.717) is 0 Å². The van der Waals surface area contributed by atoms with E-state index in [1.165, 1.54) is 42.7 Å². The van der Waals surface area contributed by atoms with E-state index in [2.05, 4.69) is 79.5 Å². The molecule has 5 aromatic rings. The molecule has 0 radical (unpaired) electrons. The molecule has 1 aliphatic carbocycles. The first-order chi connectivity index (χ1) is 18.7.